The molecular formula is C28H38N2O2S. The van der Waals surface area contributed by atoms with Gasteiger partial charge in [0.2, 0.25) is 0 Å². The van der Waals surface area contributed by atoms with Crippen molar-refractivity contribution in [2.24, 2.45) is 5.92 Å². The van der Waals surface area contributed by atoms with Crippen LogP contribution in [0, 0.1) is 5.92 Å². The lowest BCUT2D eigenvalue weighted by Crippen LogP contribution is -2.49. The summed E-state index contributed by atoms with van der Waals surface area (Å²) in [6, 6.07) is 17.3. The van der Waals surface area contributed by atoms with Gasteiger partial charge < -0.3 is 14.5 Å². The quantitative estimate of drug-likeness (QED) is 0.486. The molecule has 5 heteroatoms. The van der Waals surface area contributed by atoms with Gasteiger partial charge in [-0.15, -0.1) is 11.8 Å². The summed E-state index contributed by atoms with van der Waals surface area (Å²) in [5.41, 5.74) is 2.23. The molecular weight excluding hydrogens is 428 g/mol. The van der Waals surface area contributed by atoms with Gasteiger partial charge in [-0.05, 0) is 93.1 Å². The van der Waals surface area contributed by atoms with Gasteiger partial charge in [-0.3, -0.25) is 4.79 Å². The number of piperidine rings is 2. The van der Waals surface area contributed by atoms with Crippen LogP contribution in [0.5, 0.6) is 5.75 Å². The fourth-order valence-corrected chi connectivity index (χ4v) is 6.02. The summed E-state index contributed by atoms with van der Waals surface area (Å²) >= 11 is 1.94. The van der Waals surface area contributed by atoms with E-state index >= 15 is 0 Å². The molecule has 0 aromatic heterocycles. The zero-order valence-electron chi connectivity index (χ0n) is 20.3. The van der Waals surface area contributed by atoms with Crippen LogP contribution < -0.4 is 4.74 Å². The molecule has 0 N–H and O–H groups in total. The number of hydrogen-bond acceptors (Lipinski definition) is 4. The van der Waals surface area contributed by atoms with E-state index in [0.29, 0.717) is 11.3 Å². The summed E-state index contributed by atoms with van der Waals surface area (Å²) in [6.45, 7) is 8.60. The van der Waals surface area contributed by atoms with E-state index in [1.807, 2.05) is 40.9 Å². The van der Waals surface area contributed by atoms with Crippen molar-refractivity contribution in [2.45, 2.75) is 62.1 Å². The lowest BCUT2D eigenvalue weighted by molar-refractivity contribution is 0.0552. The Morgan fingerprint density at radius 3 is 2.15 bits per heavy atom. The van der Waals surface area contributed by atoms with Crippen LogP contribution in [0.15, 0.2) is 53.4 Å². The van der Waals surface area contributed by atoms with Crippen LogP contribution in [0.25, 0.3) is 0 Å². The number of carbonyl (C=O) groups is 1. The van der Waals surface area contributed by atoms with Crippen LogP contribution in [0.1, 0.15) is 55.5 Å². The van der Waals surface area contributed by atoms with Gasteiger partial charge in [0.1, 0.15) is 5.75 Å². The van der Waals surface area contributed by atoms with Gasteiger partial charge in [0.25, 0.3) is 5.91 Å². The second-order valence-corrected chi connectivity index (χ2v) is 11.4. The van der Waals surface area contributed by atoms with Crippen LogP contribution in [-0.4, -0.2) is 60.3 Å². The van der Waals surface area contributed by atoms with Gasteiger partial charge in [-0.25, -0.2) is 0 Å². The number of hydrogen-bond donors (Lipinski definition) is 0. The fraction of sp³-hybridized carbons (Fsp3) is 0.536. The van der Waals surface area contributed by atoms with Crippen molar-refractivity contribution in [2.75, 3.05) is 33.3 Å². The molecule has 0 bridgehead atoms. The SMILES string of the molecule is COc1ccc(C(=O)N2CCC(N3CCC(Cc4ccc(SC(C)C)cc4)CC3)CC2)cc1. The third-order valence-electron chi connectivity index (χ3n) is 7.07. The summed E-state index contributed by atoms with van der Waals surface area (Å²) in [4.78, 5) is 18.9. The zero-order chi connectivity index (χ0) is 23.2. The maximum Gasteiger partial charge on any atom is 0.253 e. The van der Waals surface area contributed by atoms with Crippen molar-refractivity contribution in [1.82, 2.24) is 9.80 Å². The van der Waals surface area contributed by atoms with Crippen LogP contribution in [0.3, 0.4) is 0 Å². The molecule has 178 valence electrons. The fourth-order valence-electron chi connectivity index (χ4n) is 5.18. The summed E-state index contributed by atoms with van der Waals surface area (Å²) in [7, 11) is 1.65. The molecule has 2 aliphatic heterocycles. The first kappa shape index (κ1) is 24.2. The summed E-state index contributed by atoms with van der Waals surface area (Å²) in [5.74, 6) is 1.73. The molecule has 2 aromatic rings. The average Bonchev–Trinajstić information content (AvgIpc) is 2.85. The first-order valence-corrected chi connectivity index (χ1v) is 13.3. The third-order valence-corrected chi connectivity index (χ3v) is 8.09. The second-order valence-electron chi connectivity index (χ2n) is 9.75. The highest BCUT2D eigenvalue weighted by Crippen LogP contribution is 2.28. The highest BCUT2D eigenvalue weighted by molar-refractivity contribution is 7.99. The van der Waals surface area contributed by atoms with E-state index in [2.05, 4.69) is 43.0 Å². The predicted molar refractivity (Wildman–Crippen MR) is 137 cm³/mol. The Balaban J connectivity index is 1.20. The number of amides is 1. The van der Waals surface area contributed by atoms with Crippen molar-refractivity contribution in [3.63, 3.8) is 0 Å². The van der Waals surface area contributed by atoms with Gasteiger partial charge >= 0.3 is 0 Å². The standard InChI is InChI=1S/C28H38N2O2S/c1-21(2)33-27-10-4-22(5-11-27)20-23-12-16-29(17-13-23)25-14-18-30(19-15-25)28(31)24-6-8-26(32-3)9-7-24/h4-11,21,23,25H,12-20H2,1-3H3. The van der Waals surface area contributed by atoms with E-state index in [9.17, 15) is 4.79 Å². The molecule has 4 nitrogen and oxygen atoms in total. The highest BCUT2D eigenvalue weighted by atomic mass is 32.2. The Morgan fingerprint density at radius 1 is 0.939 bits per heavy atom. The molecule has 0 spiro atoms. The zero-order valence-corrected chi connectivity index (χ0v) is 21.2. The van der Waals surface area contributed by atoms with Crippen molar-refractivity contribution in [3.05, 3.63) is 59.7 Å². The molecule has 0 saturated carbocycles. The minimum Gasteiger partial charge on any atom is -0.497 e. The first-order valence-electron chi connectivity index (χ1n) is 12.4. The van der Waals surface area contributed by atoms with Gasteiger partial charge in [-0.1, -0.05) is 26.0 Å². The number of methoxy groups -OCH3 is 1. The number of ether oxygens (including phenoxy) is 1. The summed E-state index contributed by atoms with van der Waals surface area (Å²) in [5, 5.41) is 0.632. The van der Waals surface area contributed by atoms with Crippen LogP contribution in [0.2, 0.25) is 0 Å². The molecule has 0 radical (unpaired) electrons. The van der Waals surface area contributed by atoms with Crippen molar-refractivity contribution < 1.29 is 9.53 Å². The number of nitrogens with zero attached hydrogens (tertiary/aromatic N) is 2. The van der Waals surface area contributed by atoms with Crippen LogP contribution >= 0.6 is 11.8 Å². The smallest absolute Gasteiger partial charge is 0.253 e. The van der Waals surface area contributed by atoms with Gasteiger partial charge in [-0.2, -0.15) is 0 Å². The van der Waals surface area contributed by atoms with E-state index in [0.717, 1.165) is 43.2 Å². The Kier molecular flexibility index (Phi) is 8.37. The molecule has 4 rings (SSSR count). The maximum atomic E-state index is 12.8. The Hall–Kier alpha value is -1.98. The topological polar surface area (TPSA) is 32.8 Å². The van der Waals surface area contributed by atoms with E-state index in [1.54, 1.807) is 7.11 Å². The Morgan fingerprint density at radius 2 is 1.58 bits per heavy atom. The van der Waals surface area contributed by atoms with Gasteiger partial charge in [0, 0.05) is 34.8 Å². The second kappa shape index (κ2) is 11.4. The lowest BCUT2D eigenvalue weighted by atomic mass is 9.88. The Labute approximate surface area is 203 Å². The van der Waals surface area contributed by atoms with Crippen molar-refractivity contribution in [3.8, 4) is 5.75 Å². The van der Waals surface area contributed by atoms with E-state index in [1.165, 1.54) is 42.8 Å². The highest BCUT2D eigenvalue weighted by Gasteiger charge is 2.30. The molecule has 2 saturated heterocycles. The predicted octanol–water partition coefficient (Wildman–Crippen LogP) is 5.76. The first-order chi connectivity index (χ1) is 16.0. The minimum atomic E-state index is 0.146. The molecule has 33 heavy (non-hydrogen) atoms. The molecule has 0 unspecified atom stereocenters. The molecule has 2 aromatic carbocycles. The van der Waals surface area contributed by atoms with E-state index < -0.39 is 0 Å². The van der Waals surface area contributed by atoms with E-state index in [4.69, 9.17) is 4.74 Å². The molecule has 1 amide bonds. The van der Waals surface area contributed by atoms with Gasteiger partial charge in [0.15, 0.2) is 0 Å². The molecule has 0 atom stereocenters. The van der Waals surface area contributed by atoms with Crippen molar-refractivity contribution >= 4 is 17.7 Å². The maximum absolute atomic E-state index is 12.8. The molecule has 2 fully saturated rings. The number of likely N-dealkylation sites (tertiary alicyclic amines) is 2. The summed E-state index contributed by atoms with van der Waals surface area (Å²) < 4.78 is 5.20. The summed E-state index contributed by atoms with van der Waals surface area (Å²) in [6.07, 6.45) is 5.94. The number of thioether (sulfide) groups is 1. The molecule has 2 heterocycles. The number of rotatable bonds is 7. The third kappa shape index (κ3) is 6.54. The normalized spacial score (nSPS) is 18.6. The van der Waals surface area contributed by atoms with Crippen LogP contribution in [-0.2, 0) is 6.42 Å². The van der Waals surface area contributed by atoms with Crippen LogP contribution in [0.4, 0.5) is 0 Å². The van der Waals surface area contributed by atoms with Gasteiger partial charge in [0.05, 0.1) is 7.11 Å². The largest absolute Gasteiger partial charge is 0.497 e. The number of benzene rings is 2. The van der Waals surface area contributed by atoms with Crippen molar-refractivity contribution in [1.29, 1.82) is 0 Å². The molecule has 0 aliphatic carbocycles. The number of carbonyl (C=O) groups excluding carboxylic acids is 1. The molecule has 2 aliphatic rings. The monoisotopic (exact) mass is 466 g/mol. The van der Waals surface area contributed by atoms with E-state index in [-0.39, 0.29) is 5.91 Å². The average molecular weight is 467 g/mol. The minimum absolute atomic E-state index is 0.146. The Bertz CT molecular complexity index is 881. The lowest BCUT2D eigenvalue weighted by Gasteiger charge is -2.42.